The summed E-state index contributed by atoms with van der Waals surface area (Å²) in [6.45, 7) is 0. The van der Waals surface area contributed by atoms with Crippen molar-refractivity contribution in [3.05, 3.63) is 380 Å². The van der Waals surface area contributed by atoms with E-state index in [1.165, 1.54) is 130 Å². The van der Waals surface area contributed by atoms with Crippen LogP contribution in [0, 0.1) is 47.3 Å². The number of rotatable bonds is 8. The van der Waals surface area contributed by atoms with Crippen molar-refractivity contribution in [1.82, 2.24) is 34.5 Å². The van der Waals surface area contributed by atoms with Gasteiger partial charge in [0.05, 0.1) is 11.0 Å². The lowest BCUT2D eigenvalue weighted by Gasteiger charge is -2.61. The summed E-state index contributed by atoms with van der Waals surface area (Å²) in [6, 6.07) is 129. The molecule has 5 aromatic heterocycles. The normalized spacial score (nSPS) is 21.3. The molecule has 11 aliphatic rings. The third-order valence-electron chi connectivity index (χ3n) is 33.8. The lowest BCUT2D eigenvalue weighted by Crippen LogP contribution is -2.55. The molecule has 0 atom stereocenters. The minimum Gasteiger partial charge on any atom is -0.456 e. The minimum absolute atomic E-state index is 0.0721. The van der Waals surface area contributed by atoms with Gasteiger partial charge in [0.1, 0.15) is 22.3 Å². The molecule has 0 unspecified atom stereocenters. The SMILES string of the molecule is c1ccc2c(c1)-c1ccc(-c3c4ccccc4c(-c4nc(-c5ccc6c(c5)oc5ccccc56)nc(-c5ccc6c(c5)oc5ccccc56)n4)c4ccccc34)cc1C21C2CC3CC(C2)CC1C3.c1ccc2c(c1)Oc1ccc(-c3nc(-c4c5ccccc5c(-c5ccc6c(c5)C5(c7ccccc7-6)C6CC7CC(C6)CC5C7)c5ccccc45)nc(-n4c5ccccc5c5ccccc54)n3)cc1O2. The van der Waals surface area contributed by atoms with E-state index >= 15 is 0 Å². The van der Waals surface area contributed by atoms with Gasteiger partial charge < -0.3 is 18.3 Å². The van der Waals surface area contributed by atoms with E-state index in [2.05, 4.69) is 296 Å². The fourth-order valence-corrected chi connectivity index (χ4v) is 29.0. The second-order valence-electron chi connectivity index (χ2n) is 40.5. The van der Waals surface area contributed by atoms with Crippen molar-refractivity contribution in [3.8, 4) is 130 Å². The highest BCUT2D eigenvalue weighted by Crippen LogP contribution is 2.72. The zero-order chi connectivity index (χ0) is 89.2. The molecule has 11 nitrogen and oxygen atoms in total. The molecular weight excluding hydrogens is 1680 g/mol. The van der Waals surface area contributed by atoms with Crippen LogP contribution in [0.3, 0.4) is 0 Å². The van der Waals surface area contributed by atoms with Crippen LogP contribution in [-0.2, 0) is 10.8 Å². The van der Waals surface area contributed by atoms with Gasteiger partial charge in [-0.1, -0.05) is 267 Å². The first kappa shape index (κ1) is 76.4. The topological polar surface area (TPSA) is 127 Å². The van der Waals surface area contributed by atoms with E-state index in [1.54, 1.807) is 22.3 Å². The van der Waals surface area contributed by atoms with Crippen LogP contribution in [0.25, 0.3) is 216 Å². The summed E-state index contributed by atoms with van der Waals surface area (Å²) in [7, 11) is 0. The highest BCUT2D eigenvalue weighted by molar-refractivity contribution is 6.23. The van der Waals surface area contributed by atoms with Crippen molar-refractivity contribution < 1.29 is 18.3 Å². The number of nitrogens with zero attached hydrogens (tertiary/aromatic N) is 7. The standard InChI is InChI=1S/C63H44N4O2.C63H43N3O2/c1-3-18-48-46(16-1)58(38-25-27-43-42-13-5-8-20-50(42)63(51(43)34-38)40-30-36-29-37(32-40)33-41(63)31-36)47-17-2-4-19-49(47)59(48)61-64-60(39-26-28-56-57(35-39)69-55-24-12-11-23-54(55)68-56)65-62(66-61)67-52-21-9-6-14-44(52)45-15-7-10-22-53(45)67;1-3-16-50-48(14-1)58(37-21-24-43-42-11-5-8-18-52(42)63(53(43)32-37)40-28-35-27-36(30-40)31-41(63)29-35)49-15-2-4-17-51(49)59(50)62-65-60(38-22-25-46-44-12-6-9-19-54(44)67-56(46)33-38)64-61(66-62)39-23-26-47-45-13-7-10-20-55(45)68-57(47)34-39/h1-28,34-37,40-41H,29-33H2;1-26,32-36,40-41H,27-31H2. The highest BCUT2D eigenvalue weighted by Gasteiger charge is 2.63. The van der Waals surface area contributed by atoms with Gasteiger partial charge in [0.2, 0.25) is 5.95 Å². The molecule has 8 saturated carbocycles. The zero-order valence-corrected chi connectivity index (χ0v) is 75.0. The molecule has 11 heteroatoms. The van der Waals surface area contributed by atoms with Gasteiger partial charge in [0.25, 0.3) is 0 Å². The van der Waals surface area contributed by atoms with Gasteiger partial charge in [0.15, 0.2) is 52.1 Å². The number of hydrogen-bond acceptors (Lipinski definition) is 10. The first-order valence-corrected chi connectivity index (χ1v) is 49.1. The molecule has 0 amide bonds. The molecule has 0 radical (unpaired) electrons. The Morgan fingerprint density at radius 3 is 0.964 bits per heavy atom. The van der Waals surface area contributed by atoms with E-state index in [0.717, 1.165) is 139 Å². The van der Waals surface area contributed by atoms with Crippen LogP contribution in [0.2, 0.25) is 0 Å². The molecule has 0 saturated heterocycles. The molecule has 1 aliphatic heterocycles. The van der Waals surface area contributed by atoms with Gasteiger partial charge in [-0.05, 0) is 312 Å². The van der Waals surface area contributed by atoms with Crippen LogP contribution in [0.1, 0.15) is 86.5 Å². The second kappa shape index (κ2) is 28.8. The number of furan rings is 2. The Balaban J connectivity index is 0.000000127. The van der Waals surface area contributed by atoms with Gasteiger partial charge in [-0.15, -0.1) is 0 Å². The molecule has 2 spiro atoms. The average molecular weight is 1760 g/mol. The molecule has 10 aliphatic carbocycles. The minimum atomic E-state index is 0.0721. The maximum atomic E-state index is 6.45. The van der Waals surface area contributed by atoms with Crippen LogP contribution in [0.15, 0.2) is 367 Å². The van der Waals surface area contributed by atoms with Crippen molar-refractivity contribution in [2.24, 2.45) is 47.3 Å². The average Bonchev–Trinajstić information content (AvgIpc) is 1.53. The summed E-state index contributed by atoms with van der Waals surface area (Å²) in [5, 5.41) is 15.7. The predicted octanol–water partition coefficient (Wildman–Crippen LogP) is 32.3. The Labute approximate surface area is 789 Å². The fourth-order valence-electron chi connectivity index (χ4n) is 29.0. The second-order valence-corrected chi connectivity index (χ2v) is 40.5. The molecule has 34 rings (SSSR count). The third-order valence-corrected chi connectivity index (χ3v) is 33.8. The maximum absolute atomic E-state index is 6.45. The summed E-state index contributed by atoms with van der Waals surface area (Å²) < 4.78 is 27.8. The Morgan fingerprint density at radius 1 is 0.212 bits per heavy atom. The number of para-hydroxylation sites is 6. The van der Waals surface area contributed by atoms with E-state index in [0.29, 0.717) is 81.7 Å². The van der Waals surface area contributed by atoms with Gasteiger partial charge in [-0.2, -0.15) is 9.97 Å². The van der Waals surface area contributed by atoms with Gasteiger partial charge in [0, 0.05) is 71.0 Å². The quantitative estimate of drug-likeness (QED) is 0.136. The molecule has 137 heavy (non-hydrogen) atoms. The Morgan fingerprint density at radius 2 is 0.518 bits per heavy atom. The Kier molecular flexibility index (Phi) is 16.1. The largest absolute Gasteiger partial charge is 0.456 e. The summed E-state index contributed by atoms with van der Waals surface area (Å²) in [5.74, 6) is 12.4. The first-order chi connectivity index (χ1) is 67.8. The molecule has 0 N–H and O–H groups in total. The van der Waals surface area contributed by atoms with Crippen molar-refractivity contribution >= 4 is 109 Å². The van der Waals surface area contributed by atoms with Crippen molar-refractivity contribution in [1.29, 1.82) is 0 Å². The number of benzene rings is 18. The van der Waals surface area contributed by atoms with Gasteiger partial charge in [-0.3, -0.25) is 4.57 Å². The van der Waals surface area contributed by atoms with Crippen LogP contribution in [0.4, 0.5) is 0 Å². The van der Waals surface area contributed by atoms with Crippen molar-refractivity contribution in [2.75, 3.05) is 0 Å². The van der Waals surface area contributed by atoms with E-state index in [-0.39, 0.29) is 10.8 Å². The number of aromatic nitrogens is 7. The molecule has 8 fully saturated rings. The number of fused-ring (bicyclic) bond motifs is 21. The molecular formula is C126H87N7O4. The lowest BCUT2D eigenvalue weighted by atomic mass is 9.43. The predicted molar refractivity (Wildman–Crippen MR) is 550 cm³/mol. The third kappa shape index (κ3) is 11.0. The van der Waals surface area contributed by atoms with E-state index in [1.807, 2.05) is 66.7 Å². The molecule has 8 bridgehead atoms. The Bertz CT molecular complexity index is 8850. The maximum Gasteiger partial charge on any atom is 0.238 e. The lowest BCUT2D eigenvalue weighted by molar-refractivity contribution is -0.0399. The fraction of sp³-hybridized carbons (Fsp3) is 0.159. The molecule has 650 valence electrons. The number of ether oxygens (including phenoxy) is 2. The van der Waals surface area contributed by atoms with Crippen molar-refractivity contribution in [2.45, 2.75) is 75.0 Å². The smallest absolute Gasteiger partial charge is 0.238 e. The van der Waals surface area contributed by atoms with Gasteiger partial charge >= 0.3 is 0 Å². The van der Waals surface area contributed by atoms with Crippen LogP contribution >= 0.6 is 0 Å². The summed E-state index contributed by atoms with van der Waals surface area (Å²) >= 11 is 0. The molecule has 23 aromatic rings. The van der Waals surface area contributed by atoms with E-state index in [9.17, 15) is 0 Å². The first-order valence-electron chi connectivity index (χ1n) is 49.1. The summed E-state index contributed by atoms with van der Waals surface area (Å²) in [6.07, 6.45) is 13.8. The number of hydrogen-bond donors (Lipinski definition) is 0. The Hall–Kier alpha value is -16.0. The summed E-state index contributed by atoms with van der Waals surface area (Å²) in [4.78, 5) is 32.5. The van der Waals surface area contributed by atoms with Crippen LogP contribution in [-0.4, -0.2) is 34.5 Å². The molecule has 18 aromatic carbocycles. The van der Waals surface area contributed by atoms with E-state index < -0.39 is 0 Å². The molecule has 6 heterocycles. The van der Waals surface area contributed by atoms with Crippen LogP contribution in [0.5, 0.6) is 23.0 Å². The van der Waals surface area contributed by atoms with Gasteiger partial charge in [-0.25, -0.2) is 19.9 Å². The van der Waals surface area contributed by atoms with Crippen molar-refractivity contribution in [3.63, 3.8) is 0 Å². The highest BCUT2D eigenvalue weighted by atomic mass is 16.6. The monoisotopic (exact) mass is 1760 g/mol. The zero-order valence-electron chi connectivity index (χ0n) is 75.0. The van der Waals surface area contributed by atoms with E-state index in [4.69, 9.17) is 48.2 Å². The summed E-state index contributed by atoms with van der Waals surface area (Å²) in [5.41, 5.74) is 27.1. The van der Waals surface area contributed by atoms with Crippen LogP contribution < -0.4 is 9.47 Å².